The quantitative estimate of drug-likeness (QED) is 0.707. The number of carboxylic acids is 1. The maximum Gasteiger partial charge on any atom is 0.371 e. The van der Waals surface area contributed by atoms with E-state index < -0.39 is 5.97 Å². The summed E-state index contributed by atoms with van der Waals surface area (Å²) in [6.07, 6.45) is 0. The summed E-state index contributed by atoms with van der Waals surface area (Å²) in [7, 11) is 0. The van der Waals surface area contributed by atoms with E-state index in [1.54, 1.807) is 18.2 Å². The van der Waals surface area contributed by atoms with E-state index in [2.05, 4.69) is 0 Å². The van der Waals surface area contributed by atoms with Gasteiger partial charge in [0.25, 0.3) is 0 Å². The van der Waals surface area contributed by atoms with Gasteiger partial charge < -0.3 is 19.0 Å². The summed E-state index contributed by atoms with van der Waals surface area (Å²) in [5, 5.41) is 8.80. The normalized spacial score (nSPS) is 10.3. The summed E-state index contributed by atoms with van der Waals surface area (Å²) in [4.78, 5) is 10.7. The first-order valence-electron chi connectivity index (χ1n) is 7.42. The highest BCUT2D eigenvalue weighted by Crippen LogP contribution is 2.20. The second kappa shape index (κ2) is 7.37. The molecule has 0 saturated heterocycles. The van der Waals surface area contributed by atoms with Crippen LogP contribution >= 0.6 is 0 Å². The van der Waals surface area contributed by atoms with Crippen molar-refractivity contribution < 1.29 is 23.8 Å². The smallest absolute Gasteiger partial charge is 0.371 e. The number of carbonyl (C=O) groups is 1. The number of aromatic carboxylic acids is 1. The molecule has 0 aliphatic carbocycles. The van der Waals surface area contributed by atoms with Gasteiger partial charge in [-0.1, -0.05) is 30.3 Å². The highest BCUT2D eigenvalue weighted by molar-refractivity contribution is 5.84. The Bertz CT molecular complexity index is 790. The summed E-state index contributed by atoms with van der Waals surface area (Å²) >= 11 is 0. The van der Waals surface area contributed by atoms with Crippen LogP contribution in [-0.2, 0) is 13.2 Å². The predicted molar refractivity (Wildman–Crippen MR) is 87.2 cm³/mol. The molecule has 0 amide bonds. The molecule has 5 heteroatoms. The molecular formula is C19H16O5. The molecular weight excluding hydrogens is 308 g/mol. The maximum atomic E-state index is 10.7. The molecule has 3 aromatic rings. The van der Waals surface area contributed by atoms with Gasteiger partial charge >= 0.3 is 5.97 Å². The molecule has 0 radical (unpaired) electrons. The van der Waals surface area contributed by atoms with Crippen molar-refractivity contribution in [3.8, 4) is 11.5 Å². The van der Waals surface area contributed by atoms with Crippen molar-refractivity contribution in [2.24, 2.45) is 0 Å². The van der Waals surface area contributed by atoms with E-state index in [0.29, 0.717) is 18.1 Å². The van der Waals surface area contributed by atoms with Gasteiger partial charge in [-0.15, -0.1) is 0 Å². The van der Waals surface area contributed by atoms with Gasteiger partial charge in [0.2, 0.25) is 5.76 Å². The van der Waals surface area contributed by atoms with Crippen molar-refractivity contribution in [2.45, 2.75) is 13.2 Å². The molecule has 1 N–H and O–H groups in total. The molecule has 24 heavy (non-hydrogen) atoms. The summed E-state index contributed by atoms with van der Waals surface area (Å²) in [6, 6.07) is 20.1. The molecule has 122 valence electrons. The Hall–Kier alpha value is -3.21. The van der Waals surface area contributed by atoms with Crippen molar-refractivity contribution in [3.63, 3.8) is 0 Å². The highest BCUT2D eigenvalue weighted by Gasteiger charge is 2.09. The van der Waals surface area contributed by atoms with Gasteiger partial charge in [0.1, 0.15) is 30.5 Å². The molecule has 5 nitrogen and oxygen atoms in total. The van der Waals surface area contributed by atoms with Crippen LogP contribution in [0.25, 0.3) is 0 Å². The van der Waals surface area contributed by atoms with Gasteiger partial charge in [-0.2, -0.15) is 0 Å². The van der Waals surface area contributed by atoms with E-state index in [4.69, 9.17) is 19.0 Å². The molecule has 3 rings (SSSR count). The molecule has 0 bridgehead atoms. The zero-order chi connectivity index (χ0) is 16.8. The van der Waals surface area contributed by atoms with E-state index in [-0.39, 0.29) is 12.4 Å². The minimum atomic E-state index is -1.10. The second-order valence-corrected chi connectivity index (χ2v) is 5.11. The molecule has 0 unspecified atom stereocenters. The van der Waals surface area contributed by atoms with Crippen LogP contribution < -0.4 is 9.47 Å². The molecule has 0 spiro atoms. The number of furan rings is 1. The molecule has 0 aliphatic rings. The summed E-state index contributed by atoms with van der Waals surface area (Å²) in [5.41, 5.74) is 1.10. The number of rotatable bonds is 7. The van der Waals surface area contributed by atoms with Crippen LogP contribution in [-0.4, -0.2) is 11.1 Å². The van der Waals surface area contributed by atoms with Gasteiger partial charge in [0.15, 0.2) is 0 Å². The van der Waals surface area contributed by atoms with Crippen LogP contribution in [0.2, 0.25) is 0 Å². The van der Waals surface area contributed by atoms with E-state index in [0.717, 1.165) is 11.3 Å². The third kappa shape index (κ3) is 4.16. The Morgan fingerprint density at radius 1 is 0.833 bits per heavy atom. The van der Waals surface area contributed by atoms with Crippen molar-refractivity contribution in [1.29, 1.82) is 0 Å². The lowest BCUT2D eigenvalue weighted by Crippen LogP contribution is -1.96. The average molecular weight is 324 g/mol. The third-order valence-electron chi connectivity index (χ3n) is 3.33. The Balaban J connectivity index is 1.51. The molecule has 0 saturated carbocycles. The summed E-state index contributed by atoms with van der Waals surface area (Å²) < 4.78 is 16.4. The lowest BCUT2D eigenvalue weighted by Gasteiger charge is -2.08. The fourth-order valence-corrected chi connectivity index (χ4v) is 2.10. The lowest BCUT2D eigenvalue weighted by atomic mass is 10.2. The lowest BCUT2D eigenvalue weighted by molar-refractivity contribution is 0.0658. The minimum absolute atomic E-state index is 0.0988. The first-order chi connectivity index (χ1) is 11.7. The average Bonchev–Trinajstić information content (AvgIpc) is 3.09. The number of benzene rings is 2. The van der Waals surface area contributed by atoms with Crippen molar-refractivity contribution >= 4 is 5.97 Å². The Morgan fingerprint density at radius 3 is 2.04 bits per heavy atom. The Morgan fingerprint density at radius 2 is 1.46 bits per heavy atom. The van der Waals surface area contributed by atoms with Crippen molar-refractivity contribution in [3.05, 3.63) is 83.8 Å². The molecule has 1 aromatic heterocycles. The van der Waals surface area contributed by atoms with Crippen LogP contribution in [0, 0.1) is 0 Å². The SMILES string of the molecule is O=C(O)c1ccc(COc2ccc(OCc3ccccc3)cc2)o1. The fourth-order valence-electron chi connectivity index (χ4n) is 2.10. The zero-order valence-corrected chi connectivity index (χ0v) is 12.8. The second-order valence-electron chi connectivity index (χ2n) is 5.11. The predicted octanol–water partition coefficient (Wildman–Crippen LogP) is 4.14. The molecule has 2 aromatic carbocycles. The molecule has 1 heterocycles. The van der Waals surface area contributed by atoms with Crippen LogP contribution in [0.3, 0.4) is 0 Å². The van der Waals surface area contributed by atoms with E-state index in [9.17, 15) is 4.79 Å². The van der Waals surface area contributed by atoms with E-state index >= 15 is 0 Å². The van der Waals surface area contributed by atoms with Gasteiger partial charge in [-0.05, 0) is 42.0 Å². The monoisotopic (exact) mass is 324 g/mol. The minimum Gasteiger partial charge on any atom is -0.489 e. The summed E-state index contributed by atoms with van der Waals surface area (Å²) in [5.74, 6) is 0.656. The Kier molecular flexibility index (Phi) is 4.81. The van der Waals surface area contributed by atoms with Gasteiger partial charge in [0.05, 0.1) is 0 Å². The number of carboxylic acid groups (broad SMARTS) is 1. The van der Waals surface area contributed by atoms with Gasteiger partial charge in [-0.3, -0.25) is 0 Å². The number of ether oxygens (including phenoxy) is 2. The van der Waals surface area contributed by atoms with E-state index in [1.165, 1.54) is 6.07 Å². The molecule has 0 fully saturated rings. The van der Waals surface area contributed by atoms with Crippen LogP contribution in [0.15, 0.2) is 71.1 Å². The highest BCUT2D eigenvalue weighted by atomic mass is 16.5. The van der Waals surface area contributed by atoms with Gasteiger partial charge in [0, 0.05) is 0 Å². The topological polar surface area (TPSA) is 68.9 Å². The van der Waals surface area contributed by atoms with Crippen LogP contribution in [0.4, 0.5) is 0 Å². The van der Waals surface area contributed by atoms with Crippen LogP contribution in [0.5, 0.6) is 11.5 Å². The number of hydrogen-bond donors (Lipinski definition) is 1. The zero-order valence-electron chi connectivity index (χ0n) is 12.8. The fraction of sp³-hybridized carbons (Fsp3) is 0.105. The first kappa shape index (κ1) is 15.7. The van der Waals surface area contributed by atoms with Crippen molar-refractivity contribution in [2.75, 3.05) is 0 Å². The van der Waals surface area contributed by atoms with Crippen LogP contribution in [0.1, 0.15) is 21.9 Å². The standard InChI is InChI=1S/C19H16O5/c20-19(21)18-11-10-17(24-18)13-23-16-8-6-15(7-9-16)22-12-14-4-2-1-3-5-14/h1-11H,12-13H2,(H,20,21). The maximum absolute atomic E-state index is 10.7. The number of hydrogen-bond acceptors (Lipinski definition) is 4. The largest absolute Gasteiger partial charge is 0.489 e. The van der Waals surface area contributed by atoms with Crippen molar-refractivity contribution in [1.82, 2.24) is 0 Å². The van der Waals surface area contributed by atoms with Gasteiger partial charge in [-0.25, -0.2) is 4.79 Å². The third-order valence-corrected chi connectivity index (χ3v) is 3.33. The summed E-state index contributed by atoms with van der Waals surface area (Å²) in [6.45, 7) is 0.670. The first-order valence-corrected chi connectivity index (χ1v) is 7.42. The molecule has 0 aliphatic heterocycles. The Labute approximate surface area is 139 Å². The molecule has 0 atom stereocenters. The van der Waals surface area contributed by atoms with E-state index in [1.807, 2.05) is 42.5 Å².